The van der Waals surface area contributed by atoms with E-state index < -0.39 is 17.7 Å². The Balaban J connectivity index is 1.57. The average molecular weight is 538 g/mol. The van der Waals surface area contributed by atoms with Gasteiger partial charge >= 0.3 is 0 Å². The van der Waals surface area contributed by atoms with Crippen LogP contribution in [0.1, 0.15) is 10.4 Å². The molecule has 0 aromatic heterocycles. The number of benzene rings is 3. The first-order chi connectivity index (χ1) is 18.3. The topological polar surface area (TPSA) is 115 Å². The van der Waals surface area contributed by atoms with E-state index in [4.69, 9.17) is 30.5 Å². The van der Waals surface area contributed by atoms with Gasteiger partial charge < -0.3 is 29.6 Å². The molecule has 0 radical (unpaired) electrons. The van der Waals surface area contributed by atoms with E-state index in [9.17, 15) is 14.4 Å². The Morgan fingerprint density at radius 2 is 1.47 bits per heavy atom. The molecule has 0 unspecified atom stereocenters. The number of methoxy groups -OCH3 is 4. The maximum absolute atomic E-state index is 13.3. The number of rotatable bonds is 9. The third-order valence-corrected chi connectivity index (χ3v) is 6.06. The van der Waals surface area contributed by atoms with Crippen LogP contribution < -0.4 is 34.5 Å². The van der Waals surface area contributed by atoms with Crippen molar-refractivity contribution in [2.24, 2.45) is 0 Å². The minimum atomic E-state index is -0.730. The van der Waals surface area contributed by atoms with Crippen molar-refractivity contribution in [3.05, 3.63) is 77.0 Å². The second-order valence-corrected chi connectivity index (χ2v) is 8.28. The summed E-state index contributed by atoms with van der Waals surface area (Å²) in [4.78, 5) is 40.1. The molecule has 1 heterocycles. The van der Waals surface area contributed by atoms with Crippen LogP contribution in [0.25, 0.3) is 0 Å². The molecule has 4 rings (SSSR count). The number of carbonyl (C=O) groups excluding carboxylic acids is 3. The second-order valence-electron chi connectivity index (χ2n) is 7.90. The summed E-state index contributed by atoms with van der Waals surface area (Å²) in [5.74, 6) is -0.138. The van der Waals surface area contributed by atoms with Gasteiger partial charge in [0.15, 0.2) is 0 Å². The highest BCUT2D eigenvalue weighted by molar-refractivity contribution is 6.53. The highest BCUT2D eigenvalue weighted by Crippen LogP contribution is 2.38. The van der Waals surface area contributed by atoms with Gasteiger partial charge in [0, 0.05) is 23.4 Å². The summed E-state index contributed by atoms with van der Waals surface area (Å²) in [5, 5.41) is 5.35. The molecule has 196 valence electrons. The number of carbonyl (C=O) groups is 3. The lowest BCUT2D eigenvalue weighted by Crippen LogP contribution is -2.32. The molecule has 1 aliphatic rings. The molecule has 3 amide bonds. The maximum Gasteiger partial charge on any atom is 0.283 e. The largest absolute Gasteiger partial charge is 0.497 e. The van der Waals surface area contributed by atoms with Crippen LogP contribution in [-0.2, 0) is 9.59 Å². The van der Waals surface area contributed by atoms with Gasteiger partial charge in [-0.15, -0.1) is 0 Å². The van der Waals surface area contributed by atoms with E-state index in [2.05, 4.69) is 10.6 Å². The predicted molar refractivity (Wildman–Crippen MR) is 142 cm³/mol. The molecule has 0 spiro atoms. The smallest absolute Gasteiger partial charge is 0.283 e. The molecule has 11 heteroatoms. The molecule has 0 atom stereocenters. The number of ether oxygens (including phenoxy) is 4. The number of imide groups is 1. The Morgan fingerprint density at radius 1 is 0.789 bits per heavy atom. The molecule has 0 saturated heterocycles. The molecule has 3 aromatic rings. The summed E-state index contributed by atoms with van der Waals surface area (Å²) >= 11 is 6.28. The molecule has 2 N–H and O–H groups in total. The lowest BCUT2D eigenvalue weighted by molar-refractivity contribution is -0.120. The van der Waals surface area contributed by atoms with Crippen LogP contribution in [0, 0.1) is 0 Å². The van der Waals surface area contributed by atoms with E-state index in [-0.39, 0.29) is 27.7 Å². The van der Waals surface area contributed by atoms with E-state index in [1.165, 1.54) is 40.6 Å². The fourth-order valence-corrected chi connectivity index (χ4v) is 3.99. The van der Waals surface area contributed by atoms with E-state index in [0.717, 1.165) is 4.90 Å². The highest BCUT2D eigenvalue weighted by atomic mass is 35.5. The van der Waals surface area contributed by atoms with E-state index in [0.29, 0.717) is 28.6 Å². The second kappa shape index (κ2) is 11.1. The fraction of sp³-hybridized carbons (Fsp3) is 0.148. The summed E-state index contributed by atoms with van der Waals surface area (Å²) in [5.41, 5.74) is 1.14. The SMILES string of the molecule is COc1ccc(NC(=O)c2cccc(NC3=C(Cl)C(=O)N(c4cc(OC)ccc4OC)C3=O)c2)c(OC)c1. The summed E-state index contributed by atoms with van der Waals surface area (Å²) in [6, 6.07) is 16.1. The van der Waals surface area contributed by atoms with Gasteiger partial charge in [0.25, 0.3) is 17.7 Å². The van der Waals surface area contributed by atoms with Gasteiger partial charge in [-0.25, -0.2) is 4.90 Å². The zero-order valence-electron chi connectivity index (χ0n) is 21.0. The molecular formula is C27H24ClN3O7. The quantitative estimate of drug-likeness (QED) is 0.386. The van der Waals surface area contributed by atoms with Crippen molar-refractivity contribution in [2.45, 2.75) is 0 Å². The van der Waals surface area contributed by atoms with Crippen molar-refractivity contribution in [3.8, 4) is 23.0 Å². The summed E-state index contributed by atoms with van der Waals surface area (Å²) in [6.07, 6.45) is 0. The number of hydrogen-bond acceptors (Lipinski definition) is 8. The number of nitrogens with zero attached hydrogens (tertiary/aromatic N) is 1. The predicted octanol–water partition coefficient (Wildman–Crippen LogP) is 4.41. The third kappa shape index (κ3) is 5.07. The van der Waals surface area contributed by atoms with Gasteiger partial charge in [-0.2, -0.15) is 0 Å². The molecule has 0 fully saturated rings. The average Bonchev–Trinajstić information content (AvgIpc) is 3.15. The van der Waals surface area contributed by atoms with Gasteiger partial charge in [0.2, 0.25) is 0 Å². The lowest BCUT2D eigenvalue weighted by Gasteiger charge is -2.19. The van der Waals surface area contributed by atoms with Crippen LogP contribution in [0.15, 0.2) is 71.4 Å². The Labute approximate surface area is 223 Å². The Kier molecular flexibility index (Phi) is 7.73. The van der Waals surface area contributed by atoms with Gasteiger partial charge in [0.05, 0.1) is 39.8 Å². The summed E-state index contributed by atoms with van der Waals surface area (Å²) in [7, 11) is 5.90. The minimum absolute atomic E-state index is 0.143. The molecular weight excluding hydrogens is 514 g/mol. The van der Waals surface area contributed by atoms with Gasteiger partial charge in [-0.05, 0) is 42.5 Å². The molecule has 0 bridgehead atoms. The van der Waals surface area contributed by atoms with Crippen molar-refractivity contribution >= 4 is 46.4 Å². The van der Waals surface area contributed by atoms with E-state index >= 15 is 0 Å². The number of hydrogen-bond donors (Lipinski definition) is 2. The monoisotopic (exact) mass is 537 g/mol. The third-order valence-electron chi connectivity index (χ3n) is 5.71. The number of nitrogens with one attached hydrogen (secondary N) is 2. The van der Waals surface area contributed by atoms with Crippen LogP contribution >= 0.6 is 11.6 Å². The molecule has 1 aliphatic heterocycles. The summed E-state index contributed by atoms with van der Waals surface area (Å²) in [6.45, 7) is 0. The first kappa shape index (κ1) is 26.4. The minimum Gasteiger partial charge on any atom is -0.497 e. The van der Waals surface area contributed by atoms with E-state index in [1.807, 2.05) is 0 Å². The standard InChI is InChI=1S/C27H24ClN3O7/c1-35-17-9-11-21(37-3)20(13-17)31-26(33)23(28)24(27(31)34)29-16-7-5-6-15(12-16)25(32)30-19-10-8-18(36-2)14-22(19)38-4/h5-14,29H,1-4H3,(H,30,32). The number of anilines is 3. The zero-order chi connectivity index (χ0) is 27.4. The number of halogens is 1. The van der Waals surface area contributed by atoms with Crippen molar-refractivity contribution in [1.82, 2.24) is 0 Å². The van der Waals surface area contributed by atoms with Crippen molar-refractivity contribution in [3.63, 3.8) is 0 Å². The highest BCUT2D eigenvalue weighted by Gasteiger charge is 2.40. The van der Waals surface area contributed by atoms with Gasteiger partial charge in [-0.1, -0.05) is 17.7 Å². The molecule has 10 nitrogen and oxygen atoms in total. The normalized spacial score (nSPS) is 12.9. The van der Waals surface area contributed by atoms with Crippen LogP contribution in [-0.4, -0.2) is 46.2 Å². The van der Waals surface area contributed by atoms with Crippen molar-refractivity contribution in [1.29, 1.82) is 0 Å². The Hall–Kier alpha value is -4.70. The van der Waals surface area contributed by atoms with Crippen LogP contribution in [0.5, 0.6) is 23.0 Å². The van der Waals surface area contributed by atoms with Crippen LogP contribution in [0.4, 0.5) is 17.1 Å². The molecule has 0 saturated carbocycles. The first-order valence-corrected chi connectivity index (χ1v) is 11.6. The number of amides is 3. The lowest BCUT2D eigenvalue weighted by atomic mass is 10.1. The fourth-order valence-electron chi connectivity index (χ4n) is 3.78. The van der Waals surface area contributed by atoms with Crippen LogP contribution in [0.3, 0.4) is 0 Å². The molecule has 0 aliphatic carbocycles. The van der Waals surface area contributed by atoms with Gasteiger partial charge in [0.1, 0.15) is 33.7 Å². The van der Waals surface area contributed by atoms with Gasteiger partial charge in [-0.3, -0.25) is 14.4 Å². The zero-order valence-corrected chi connectivity index (χ0v) is 21.7. The molecule has 3 aromatic carbocycles. The van der Waals surface area contributed by atoms with Crippen molar-refractivity contribution < 1.29 is 33.3 Å². The Morgan fingerprint density at radius 3 is 2.16 bits per heavy atom. The maximum atomic E-state index is 13.3. The van der Waals surface area contributed by atoms with E-state index in [1.54, 1.807) is 48.5 Å². The Bertz CT molecular complexity index is 1450. The van der Waals surface area contributed by atoms with Crippen LogP contribution in [0.2, 0.25) is 0 Å². The molecule has 38 heavy (non-hydrogen) atoms. The first-order valence-electron chi connectivity index (χ1n) is 11.2. The van der Waals surface area contributed by atoms with Crippen molar-refractivity contribution in [2.75, 3.05) is 44.0 Å². The summed E-state index contributed by atoms with van der Waals surface area (Å²) < 4.78 is 21.0.